The Labute approximate surface area is 110 Å². The molecular weight excluding hydrogens is 238 g/mol. The van der Waals surface area contributed by atoms with Crippen molar-refractivity contribution in [3.63, 3.8) is 0 Å². The zero-order chi connectivity index (χ0) is 11.4. The van der Waals surface area contributed by atoms with Gasteiger partial charge in [0, 0.05) is 32.7 Å². The van der Waals surface area contributed by atoms with Crippen LogP contribution >= 0.6 is 12.4 Å². The van der Waals surface area contributed by atoms with Gasteiger partial charge in [0.25, 0.3) is 0 Å². The first-order valence-corrected chi connectivity index (χ1v) is 6.51. The number of hydrogen-bond acceptors (Lipinski definition) is 2. The van der Waals surface area contributed by atoms with E-state index in [1.807, 2.05) is 16.8 Å². The zero-order valence-electron chi connectivity index (χ0n) is 10.7. The molecule has 2 saturated heterocycles. The van der Waals surface area contributed by atoms with Crippen LogP contribution in [0.5, 0.6) is 0 Å². The monoisotopic (exact) mass is 261 g/mol. The molecule has 2 aliphatic heterocycles. The van der Waals surface area contributed by atoms with Crippen molar-refractivity contribution in [3.8, 4) is 0 Å². The summed E-state index contributed by atoms with van der Waals surface area (Å²) < 4.78 is 0. The number of carbonyl (C=O) groups is 1. The van der Waals surface area contributed by atoms with Crippen LogP contribution in [0, 0.1) is 0 Å². The van der Waals surface area contributed by atoms with Crippen molar-refractivity contribution in [2.24, 2.45) is 0 Å². The number of halogens is 1. The van der Waals surface area contributed by atoms with Crippen LogP contribution in [0.2, 0.25) is 0 Å². The Morgan fingerprint density at radius 2 is 1.94 bits per heavy atom. The van der Waals surface area contributed by atoms with Crippen LogP contribution in [0.3, 0.4) is 0 Å². The molecule has 0 saturated carbocycles. The van der Waals surface area contributed by atoms with Crippen LogP contribution in [-0.4, -0.2) is 55.1 Å². The number of nitrogens with one attached hydrogen (secondary N) is 1. The van der Waals surface area contributed by atoms with Gasteiger partial charge in [0.15, 0.2) is 0 Å². The molecule has 2 fully saturated rings. The molecule has 17 heavy (non-hydrogen) atoms. The standard InChI is InChI=1S/C12H23N3O.ClH/c1-14(11-6-5-7-13-10-11)12(16)15-8-3-2-4-9-15;/h11,13H,2-10H2,1H3;1H/t11-;/m1./s1. The summed E-state index contributed by atoms with van der Waals surface area (Å²) >= 11 is 0. The van der Waals surface area contributed by atoms with E-state index < -0.39 is 0 Å². The maximum absolute atomic E-state index is 12.2. The number of urea groups is 1. The number of nitrogens with zero attached hydrogens (tertiary/aromatic N) is 2. The van der Waals surface area contributed by atoms with Gasteiger partial charge in [0.1, 0.15) is 0 Å². The summed E-state index contributed by atoms with van der Waals surface area (Å²) in [6, 6.07) is 0.622. The third-order valence-corrected chi connectivity index (χ3v) is 3.75. The fourth-order valence-electron chi connectivity index (χ4n) is 2.63. The molecule has 0 aromatic carbocycles. The predicted molar refractivity (Wildman–Crippen MR) is 71.7 cm³/mol. The number of likely N-dealkylation sites (tertiary alicyclic amines) is 1. The highest BCUT2D eigenvalue weighted by atomic mass is 35.5. The molecule has 0 radical (unpaired) electrons. The number of likely N-dealkylation sites (N-methyl/N-ethyl adjacent to an activating group) is 1. The molecule has 2 rings (SSSR count). The van der Waals surface area contributed by atoms with E-state index in [1.54, 1.807) is 0 Å². The van der Waals surface area contributed by atoms with E-state index >= 15 is 0 Å². The summed E-state index contributed by atoms with van der Waals surface area (Å²) in [6.45, 7) is 3.95. The van der Waals surface area contributed by atoms with Gasteiger partial charge >= 0.3 is 6.03 Å². The van der Waals surface area contributed by atoms with E-state index in [0.717, 1.165) is 32.6 Å². The van der Waals surface area contributed by atoms with E-state index in [1.165, 1.54) is 25.7 Å². The van der Waals surface area contributed by atoms with E-state index in [2.05, 4.69) is 5.32 Å². The average molecular weight is 262 g/mol. The van der Waals surface area contributed by atoms with Gasteiger partial charge in [-0.3, -0.25) is 0 Å². The number of carbonyl (C=O) groups excluding carboxylic acids is 1. The smallest absolute Gasteiger partial charge is 0.320 e. The van der Waals surface area contributed by atoms with Crippen LogP contribution in [0.1, 0.15) is 32.1 Å². The minimum atomic E-state index is 0. The normalized spacial score (nSPS) is 25.0. The van der Waals surface area contributed by atoms with Crippen molar-refractivity contribution in [2.45, 2.75) is 38.1 Å². The second kappa shape index (κ2) is 7.07. The van der Waals surface area contributed by atoms with Crippen molar-refractivity contribution < 1.29 is 4.79 Å². The first kappa shape index (κ1) is 14.6. The van der Waals surface area contributed by atoms with Gasteiger partial charge in [0.2, 0.25) is 0 Å². The zero-order valence-corrected chi connectivity index (χ0v) is 11.5. The van der Waals surface area contributed by atoms with Crippen LogP contribution in [0.4, 0.5) is 4.79 Å². The van der Waals surface area contributed by atoms with Crippen molar-refractivity contribution in [3.05, 3.63) is 0 Å². The number of rotatable bonds is 1. The summed E-state index contributed by atoms with van der Waals surface area (Å²) in [5, 5.41) is 3.36. The van der Waals surface area contributed by atoms with Gasteiger partial charge in [-0.2, -0.15) is 0 Å². The second-order valence-corrected chi connectivity index (χ2v) is 4.94. The number of amides is 2. The van der Waals surface area contributed by atoms with Crippen molar-refractivity contribution >= 4 is 18.4 Å². The molecule has 0 aromatic heterocycles. The molecule has 0 aromatic rings. The van der Waals surface area contributed by atoms with Gasteiger partial charge in [-0.25, -0.2) is 4.79 Å². The van der Waals surface area contributed by atoms with Crippen molar-refractivity contribution in [2.75, 3.05) is 33.2 Å². The Morgan fingerprint density at radius 3 is 2.53 bits per heavy atom. The topological polar surface area (TPSA) is 35.6 Å². The lowest BCUT2D eigenvalue weighted by Crippen LogP contribution is -2.52. The maximum atomic E-state index is 12.2. The fraction of sp³-hybridized carbons (Fsp3) is 0.917. The molecule has 0 unspecified atom stereocenters. The lowest BCUT2D eigenvalue weighted by Gasteiger charge is -2.37. The molecule has 2 amide bonds. The molecule has 5 heteroatoms. The number of hydrogen-bond donors (Lipinski definition) is 1. The molecular formula is C12H24ClN3O. The summed E-state index contributed by atoms with van der Waals surface area (Å²) in [4.78, 5) is 16.2. The van der Waals surface area contributed by atoms with E-state index in [0.29, 0.717) is 6.04 Å². The molecule has 2 aliphatic rings. The molecule has 0 spiro atoms. The Kier molecular flexibility index (Phi) is 6.06. The lowest BCUT2D eigenvalue weighted by molar-refractivity contribution is 0.130. The summed E-state index contributed by atoms with van der Waals surface area (Å²) in [5.41, 5.74) is 0. The Balaban J connectivity index is 0.00000144. The molecule has 100 valence electrons. The SMILES string of the molecule is CN(C(=O)N1CCCCC1)[C@@H]1CCCNC1.Cl. The van der Waals surface area contributed by atoms with Gasteiger partial charge in [-0.15, -0.1) is 12.4 Å². The average Bonchev–Trinajstić information content (AvgIpc) is 2.39. The van der Waals surface area contributed by atoms with Crippen LogP contribution in [0.15, 0.2) is 0 Å². The first-order chi connectivity index (χ1) is 7.79. The molecule has 1 N–H and O–H groups in total. The summed E-state index contributed by atoms with van der Waals surface area (Å²) in [7, 11) is 1.95. The minimum absolute atomic E-state index is 0. The van der Waals surface area contributed by atoms with E-state index in [9.17, 15) is 4.79 Å². The van der Waals surface area contributed by atoms with Gasteiger partial charge in [-0.05, 0) is 38.6 Å². The molecule has 4 nitrogen and oxygen atoms in total. The van der Waals surface area contributed by atoms with Gasteiger partial charge < -0.3 is 15.1 Å². The maximum Gasteiger partial charge on any atom is 0.320 e. The Bertz CT molecular complexity index is 238. The highest BCUT2D eigenvalue weighted by Crippen LogP contribution is 2.14. The molecule has 0 aliphatic carbocycles. The van der Waals surface area contributed by atoms with Crippen LogP contribution < -0.4 is 5.32 Å². The van der Waals surface area contributed by atoms with E-state index in [4.69, 9.17) is 0 Å². The third kappa shape index (κ3) is 3.75. The lowest BCUT2D eigenvalue weighted by atomic mass is 10.1. The van der Waals surface area contributed by atoms with Crippen LogP contribution in [-0.2, 0) is 0 Å². The minimum Gasteiger partial charge on any atom is -0.325 e. The number of piperidine rings is 2. The summed E-state index contributed by atoms with van der Waals surface area (Å²) in [6.07, 6.45) is 5.94. The van der Waals surface area contributed by atoms with E-state index in [-0.39, 0.29) is 18.4 Å². The quantitative estimate of drug-likeness (QED) is 0.780. The van der Waals surface area contributed by atoms with Crippen molar-refractivity contribution in [1.29, 1.82) is 0 Å². The van der Waals surface area contributed by atoms with Gasteiger partial charge in [-0.1, -0.05) is 0 Å². The molecule has 1 atom stereocenters. The van der Waals surface area contributed by atoms with Gasteiger partial charge in [0.05, 0.1) is 0 Å². The third-order valence-electron chi connectivity index (χ3n) is 3.75. The molecule has 2 heterocycles. The largest absolute Gasteiger partial charge is 0.325 e. The Morgan fingerprint density at radius 1 is 1.24 bits per heavy atom. The second-order valence-electron chi connectivity index (χ2n) is 4.94. The highest BCUT2D eigenvalue weighted by molar-refractivity contribution is 5.85. The highest BCUT2D eigenvalue weighted by Gasteiger charge is 2.26. The fourth-order valence-corrected chi connectivity index (χ4v) is 2.63. The summed E-state index contributed by atoms with van der Waals surface area (Å²) in [5.74, 6) is 0. The first-order valence-electron chi connectivity index (χ1n) is 6.51. The van der Waals surface area contributed by atoms with Crippen LogP contribution in [0.25, 0.3) is 0 Å². The molecule has 0 bridgehead atoms. The van der Waals surface area contributed by atoms with Crippen molar-refractivity contribution in [1.82, 2.24) is 15.1 Å². The predicted octanol–water partition coefficient (Wildman–Crippen LogP) is 1.70. The Hall–Kier alpha value is -0.480.